The Morgan fingerprint density at radius 3 is 2.84 bits per heavy atom. The van der Waals surface area contributed by atoms with E-state index in [1.165, 1.54) is 0 Å². The predicted molar refractivity (Wildman–Crippen MR) is 72.7 cm³/mol. The Morgan fingerprint density at radius 2 is 2.16 bits per heavy atom. The predicted octanol–water partition coefficient (Wildman–Crippen LogP) is 2.14. The highest BCUT2D eigenvalue weighted by Gasteiger charge is 2.38. The van der Waals surface area contributed by atoms with Crippen molar-refractivity contribution in [3.8, 4) is 5.69 Å². The Hall–Kier alpha value is -2.10. The maximum Gasteiger partial charge on any atom is 0.223 e. The summed E-state index contributed by atoms with van der Waals surface area (Å²) in [5.41, 5.74) is 2.04. The zero-order valence-corrected chi connectivity index (χ0v) is 10.9. The first-order valence-corrected chi connectivity index (χ1v) is 6.61. The topological polar surface area (TPSA) is 46.9 Å². The summed E-state index contributed by atoms with van der Waals surface area (Å²) in [4.78, 5) is 11.7. The Labute approximate surface area is 112 Å². The van der Waals surface area contributed by atoms with Crippen LogP contribution in [0.2, 0.25) is 0 Å². The summed E-state index contributed by atoms with van der Waals surface area (Å²) in [5.74, 6) is 0.941. The molecule has 4 nitrogen and oxygen atoms in total. The van der Waals surface area contributed by atoms with Gasteiger partial charge in [0.1, 0.15) is 0 Å². The molecule has 1 saturated carbocycles. The van der Waals surface area contributed by atoms with Gasteiger partial charge in [-0.1, -0.05) is 25.1 Å². The fraction of sp³-hybridized carbons (Fsp3) is 0.333. The van der Waals surface area contributed by atoms with Crippen molar-refractivity contribution < 1.29 is 4.79 Å². The molecule has 4 heteroatoms. The summed E-state index contributed by atoms with van der Waals surface area (Å²) in [6, 6.07) is 9.94. The van der Waals surface area contributed by atoms with E-state index in [-0.39, 0.29) is 11.8 Å². The molecular weight excluding hydrogens is 238 g/mol. The van der Waals surface area contributed by atoms with Crippen LogP contribution in [0, 0.1) is 11.8 Å². The molecule has 0 spiro atoms. The fourth-order valence-corrected chi connectivity index (χ4v) is 2.18. The van der Waals surface area contributed by atoms with Crippen LogP contribution >= 0.6 is 0 Å². The molecule has 19 heavy (non-hydrogen) atoms. The highest BCUT2D eigenvalue weighted by molar-refractivity contribution is 5.81. The summed E-state index contributed by atoms with van der Waals surface area (Å²) in [6.45, 7) is 2.66. The molecule has 0 radical (unpaired) electrons. The third-order valence-corrected chi connectivity index (χ3v) is 3.57. The van der Waals surface area contributed by atoms with Gasteiger partial charge < -0.3 is 5.32 Å². The van der Waals surface area contributed by atoms with Gasteiger partial charge >= 0.3 is 0 Å². The standard InChI is InChI=1S/C15H17N3O/c1-11-7-14(11)15(19)16-8-12-9-17-18(10-12)13-5-3-2-4-6-13/h2-6,9-11,14H,7-8H2,1H3,(H,16,19)/t11-,14-/m1/s1. The van der Waals surface area contributed by atoms with Crippen molar-refractivity contribution in [3.63, 3.8) is 0 Å². The van der Waals surface area contributed by atoms with Crippen molar-refractivity contribution in [2.24, 2.45) is 11.8 Å². The van der Waals surface area contributed by atoms with Gasteiger partial charge in [0.15, 0.2) is 0 Å². The fourth-order valence-electron chi connectivity index (χ4n) is 2.18. The van der Waals surface area contributed by atoms with Crippen LogP contribution < -0.4 is 5.32 Å². The first kappa shape index (κ1) is 12.0. The number of carbonyl (C=O) groups excluding carboxylic acids is 1. The molecule has 1 aliphatic rings. The molecule has 1 aromatic carbocycles. The molecule has 0 aliphatic heterocycles. The van der Waals surface area contributed by atoms with E-state index < -0.39 is 0 Å². The van der Waals surface area contributed by atoms with Gasteiger partial charge in [-0.25, -0.2) is 4.68 Å². The summed E-state index contributed by atoms with van der Waals surface area (Å²) in [7, 11) is 0. The molecule has 1 N–H and O–H groups in total. The average Bonchev–Trinajstić information content (AvgIpc) is 3.00. The number of benzene rings is 1. The van der Waals surface area contributed by atoms with Crippen LogP contribution in [0.25, 0.3) is 5.69 Å². The number of rotatable bonds is 4. The van der Waals surface area contributed by atoms with Gasteiger partial charge in [0.05, 0.1) is 11.9 Å². The molecule has 0 saturated heterocycles. The zero-order valence-electron chi connectivity index (χ0n) is 10.9. The molecule has 0 unspecified atom stereocenters. The van der Waals surface area contributed by atoms with Crippen molar-refractivity contribution >= 4 is 5.91 Å². The Bertz CT molecular complexity index is 576. The second kappa shape index (κ2) is 4.88. The number of amides is 1. The summed E-state index contributed by atoms with van der Waals surface area (Å²) in [6.07, 6.45) is 4.77. The van der Waals surface area contributed by atoms with Crippen LogP contribution in [-0.2, 0) is 11.3 Å². The van der Waals surface area contributed by atoms with Gasteiger partial charge in [0.2, 0.25) is 5.91 Å². The van der Waals surface area contributed by atoms with Crippen LogP contribution in [0.1, 0.15) is 18.9 Å². The Morgan fingerprint density at radius 1 is 1.42 bits per heavy atom. The molecule has 1 fully saturated rings. The van der Waals surface area contributed by atoms with E-state index in [4.69, 9.17) is 0 Å². The van der Waals surface area contributed by atoms with Gasteiger partial charge in [-0.05, 0) is 24.5 Å². The summed E-state index contributed by atoms with van der Waals surface area (Å²) < 4.78 is 1.82. The SMILES string of the molecule is C[C@@H]1C[C@H]1C(=O)NCc1cnn(-c2ccccc2)c1. The molecule has 1 amide bonds. The van der Waals surface area contributed by atoms with Gasteiger partial charge in [-0.3, -0.25) is 4.79 Å². The van der Waals surface area contributed by atoms with Gasteiger partial charge in [-0.15, -0.1) is 0 Å². The second-order valence-electron chi connectivity index (χ2n) is 5.17. The van der Waals surface area contributed by atoms with Crippen LogP contribution in [0.3, 0.4) is 0 Å². The lowest BCUT2D eigenvalue weighted by molar-refractivity contribution is -0.122. The number of para-hydroxylation sites is 1. The van der Waals surface area contributed by atoms with E-state index in [0.29, 0.717) is 12.5 Å². The third kappa shape index (κ3) is 2.67. The minimum absolute atomic E-state index is 0.167. The molecule has 1 aliphatic carbocycles. The van der Waals surface area contributed by atoms with Gasteiger partial charge in [0, 0.05) is 24.2 Å². The largest absolute Gasteiger partial charge is 0.352 e. The van der Waals surface area contributed by atoms with Gasteiger partial charge in [0.25, 0.3) is 0 Å². The Balaban J connectivity index is 1.61. The maximum absolute atomic E-state index is 11.7. The molecular formula is C15H17N3O. The lowest BCUT2D eigenvalue weighted by Gasteiger charge is -2.02. The average molecular weight is 255 g/mol. The molecule has 2 atom stereocenters. The highest BCUT2D eigenvalue weighted by Crippen LogP contribution is 2.37. The first-order valence-electron chi connectivity index (χ1n) is 6.61. The van der Waals surface area contributed by atoms with Gasteiger partial charge in [-0.2, -0.15) is 5.10 Å². The zero-order chi connectivity index (χ0) is 13.2. The summed E-state index contributed by atoms with van der Waals surface area (Å²) >= 11 is 0. The smallest absolute Gasteiger partial charge is 0.223 e. The summed E-state index contributed by atoms with van der Waals surface area (Å²) in [5, 5.41) is 7.27. The molecule has 1 aromatic heterocycles. The van der Waals surface area contributed by atoms with Crippen LogP contribution in [0.5, 0.6) is 0 Å². The maximum atomic E-state index is 11.7. The van der Waals surface area contributed by atoms with Crippen LogP contribution in [0.4, 0.5) is 0 Å². The minimum atomic E-state index is 0.167. The minimum Gasteiger partial charge on any atom is -0.352 e. The molecule has 1 heterocycles. The number of nitrogens with one attached hydrogen (secondary N) is 1. The van der Waals surface area contributed by atoms with Crippen molar-refractivity contribution in [1.29, 1.82) is 0 Å². The van der Waals surface area contributed by atoms with E-state index in [2.05, 4.69) is 17.3 Å². The second-order valence-corrected chi connectivity index (χ2v) is 5.17. The van der Waals surface area contributed by atoms with Crippen molar-refractivity contribution in [1.82, 2.24) is 15.1 Å². The number of carbonyl (C=O) groups is 1. The third-order valence-electron chi connectivity index (χ3n) is 3.57. The van der Waals surface area contributed by atoms with Crippen LogP contribution in [-0.4, -0.2) is 15.7 Å². The number of nitrogens with zero attached hydrogens (tertiary/aromatic N) is 2. The van der Waals surface area contributed by atoms with Crippen molar-refractivity contribution in [2.45, 2.75) is 19.9 Å². The number of aromatic nitrogens is 2. The highest BCUT2D eigenvalue weighted by atomic mass is 16.2. The molecule has 98 valence electrons. The number of hydrogen-bond acceptors (Lipinski definition) is 2. The molecule has 3 rings (SSSR count). The van der Waals surface area contributed by atoms with E-state index in [9.17, 15) is 4.79 Å². The van der Waals surface area contributed by atoms with Crippen molar-refractivity contribution in [3.05, 3.63) is 48.3 Å². The quantitative estimate of drug-likeness (QED) is 0.910. The lowest BCUT2D eigenvalue weighted by Crippen LogP contribution is -2.24. The van der Waals surface area contributed by atoms with E-state index in [1.807, 2.05) is 41.2 Å². The van der Waals surface area contributed by atoms with E-state index >= 15 is 0 Å². The molecule has 0 bridgehead atoms. The lowest BCUT2D eigenvalue weighted by atomic mass is 10.3. The van der Waals surface area contributed by atoms with Crippen LogP contribution in [0.15, 0.2) is 42.7 Å². The first-order chi connectivity index (χ1) is 9.24. The normalized spacial score (nSPS) is 21.1. The number of hydrogen-bond donors (Lipinski definition) is 1. The van der Waals surface area contributed by atoms with E-state index in [1.54, 1.807) is 6.20 Å². The Kier molecular flexibility index (Phi) is 3.07. The van der Waals surface area contributed by atoms with E-state index in [0.717, 1.165) is 17.7 Å². The van der Waals surface area contributed by atoms with Crippen molar-refractivity contribution in [2.75, 3.05) is 0 Å². The monoisotopic (exact) mass is 255 g/mol. The molecule has 2 aromatic rings.